The number of fused-ring (bicyclic) bond motifs is 4. The van der Waals surface area contributed by atoms with Crippen LogP contribution in [0.5, 0.6) is 0 Å². The molecule has 0 aromatic carbocycles. The molecule has 5 nitrogen and oxygen atoms in total. The van der Waals surface area contributed by atoms with Crippen LogP contribution in [0, 0.1) is 5.41 Å². The molecule has 2 aliphatic heterocycles. The molecular weight excluding hydrogens is 248 g/mol. The highest BCUT2D eigenvalue weighted by Crippen LogP contribution is 2.64. The Hall–Kier alpha value is -1.30. The number of rotatable bonds is 1. The molecule has 0 N–H and O–H groups in total. The van der Waals surface area contributed by atoms with Crippen LogP contribution in [0.15, 0.2) is 24.3 Å². The molecule has 2 bridgehead atoms. The summed E-state index contributed by atoms with van der Waals surface area (Å²) in [5.74, 6) is -1.37. The van der Waals surface area contributed by atoms with E-state index in [0.29, 0.717) is 0 Å². The maximum absolute atomic E-state index is 12.7. The molecule has 2 unspecified atom stereocenters. The standard InChI is InChI=1S/C14H14O5/c1-17-14-12(5-2-6-12)10(16)11(18-14)13(19-14)7-3-9(15)4-8-13/h3-4,7-8,11H,2,5-6H2,1H3. The van der Waals surface area contributed by atoms with Crippen LogP contribution >= 0.6 is 0 Å². The lowest BCUT2D eigenvalue weighted by atomic mass is 9.61. The molecular formula is C14H14O5. The van der Waals surface area contributed by atoms with Gasteiger partial charge in [0.2, 0.25) is 0 Å². The Kier molecular flexibility index (Phi) is 1.96. The second-order valence-corrected chi connectivity index (χ2v) is 5.58. The van der Waals surface area contributed by atoms with Crippen LogP contribution in [0.25, 0.3) is 0 Å². The van der Waals surface area contributed by atoms with Crippen molar-refractivity contribution in [2.75, 3.05) is 7.11 Å². The van der Waals surface area contributed by atoms with Crippen molar-refractivity contribution in [1.82, 2.24) is 0 Å². The average molecular weight is 262 g/mol. The predicted octanol–water partition coefficient (Wildman–Crippen LogP) is 0.889. The molecule has 3 fully saturated rings. The van der Waals surface area contributed by atoms with Crippen LogP contribution in [0.1, 0.15) is 19.3 Å². The zero-order valence-electron chi connectivity index (χ0n) is 10.5. The minimum atomic E-state index is -1.29. The molecule has 4 aliphatic rings. The number of hydrogen-bond donors (Lipinski definition) is 0. The fourth-order valence-corrected chi connectivity index (χ4v) is 3.58. The van der Waals surface area contributed by atoms with Crippen LogP contribution in [-0.4, -0.2) is 36.4 Å². The van der Waals surface area contributed by atoms with E-state index in [0.717, 1.165) is 19.3 Å². The third-order valence-corrected chi connectivity index (χ3v) is 4.78. The highest BCUT2D eigenvalue weighted by Gasteiger charge is 2.79. The minimum absolute atomic E-state index is 0.0375. The third-order valence-electron chi connectivity index (χ3n) is 4.78. The summed E-state index contributed by atoms with van der Waals surface area (Å²) in [6, 6.07) is 0. The molecule has 2 saturated heterocycles. The summed E-state index contributed by atoms with van der Waals surface area (Å²) in [7, 11) is 1.50. The molecule has 19 heavy (non-hydrogen) atoms. The van der Waals surface area contributed by atoms with E-state index in [9.17, 15) is 9.59 Å². The van der Waals surface area contributed by atoms with Gasteiger partial charge in [0.05, 0.1) is 0 Å². The van der Waals surface area contributed by atoms with E-state index >= 15 is 0 Å². The van der Waals surface area contributed by atoms with Gasteiger partial charge in [0.25, 0.3) is 5.97 Å². The van der Waals surface area contributed by atoms with Crippen molar-refractivity contribution >= 4 is 11.6 Å². The fourth-order valence-electron chi connectivity index (χ4n) is 3.58. The van der Waals surface area contributed by atoms with Crippen LogP contribution in [0.2, 0.25) is 0 Å². The maximum atomic E-state index is 12.7. The topological polar surface area (TPSA) is 61.8 Å². The molecule has 2 atom stereocenters. The highest BCUT2D eigenvalue weighted by atomic mass is 16.9. The highest BCUT2D eigenvalue weighted by molar-refractivity contribution is 6.02. The van der Waals surface area contributed by atoms with Gasteiger partial charge >= 0.3 is 0 Å². The second kappa shape index (κ2) is 3.23. The smallest absolute Gasteiger partial charge is 0.298 e. The van der Waals surface area contributed by atoms with E-state index in [-0.39, 0.29) is 11.6 Å². The van der Waals surface area contributed by atoms with Crippen molar-refractivity contribution in [3.63, 3.8) is 0 Å². The van der Waals surface area contributed by atoms with Crippen molar-refractivity contribution in [2.24, 2.45) is 5.41 Å². The largest absolute Gasteiger partial charge is 0.330 e. The number of methoxy groups -OCH3 is 1. The molecule has 0 aromatic rings. The van der Waals surface area contributed by atoms with Gasteiger partial charge in [-0.05, 0) is 37.1 Å². The second-order valence-electron chi connectivity index (χ2n) is 5.58. The first-order chi connectivity index (χ1) is 9.08. The monoisotopic (exact) mass is 262 g/mol. The lowest BCUT2D eigenvalue weighted by molar-refractivity contribution is -0.377. The molecule has 2 spiro atoms. The molecule has 5 heteroatoms. The summed E-state index contributed by atoms with van der Waals surface area (Å²) < 4.78 is 17.3. The molecule has 100 valence electrons. The number of ether oxygens (including phenoxy) is 3. The van der Waals surface area contributed by atoms with Gasteiger partial charge in [0.15, 0.2) is 17.7 Å². The van der Waals surface area contributed by atoms with Crippen LogP contribution in [0.3, 0.4) is 0 Å². The Morgan fingerprint density at radius 3 is 2.47 bits per heavy atom. The molecule has 0 radical (unpaired) electrons. The van der Waals surface area contributed by atoms with Gasteiger partial charge in [-0.3, -0.25) is 9.59 Å². The van der Waals surface area contributed by atoms with Gasteiger partial charge in [0, 0.05) is 7.11 Å². The summed E-state index contributed by atoms with van der Waals surface area (Å²) in [6.07, 6.45) is 7.76. The third kappa shape index (κ3) is 1.08. The number of hydrogen-bond acceptors (Lipinski definition) is 5. The Morgan fingerprint density at radius 1 is 1.26 bits per heavy atom. The lowest BCUT2D eigenvalue weighted by Crippen LogP contribution is -2.62. The van der Waals surface area contributed by atoms with Gasteiger partial charge in [-0.25, -0.2) is 0 Å². The Balaban J connectivity index is 1.80. The zero-order chi connectivity index (χ0) is 13.3. The summed E-state index contributed by atoms with van der Waals surface area (Å²) >= 11 is 0. The SMILES string of the molecule is COC12OC(C(=O)C13CCC3)C1(C=CC(=O)C=C1)O2. The first-order valence-electron chi connectivity index (χ1n) is 6.47. The van der Waals surface area contributed by atoms with Crippen molar-refractivity contribution < 1.29 is 23.8 Å². The molecule has 2 aliphatic carbocycles. The Morgan fingerprint density at radius 2 is 1.95 bits per heavy atom. The quantitative estimate of drug-likeness (QED) is 0.702. The van der Waals surface area contributed by atoms with E-state index in [4.69, 9.17) is 14.2 Å². The van der Waals surface area contributed by atoms with Crippen molar-refractivity contribution in [3.8, 4) is 0 Å². The van der Waals surface area contributed by atoms with Gasteiger partial charge in [-0.15, -0.1) is 0 Å². The zero-order valence-corrected chi connectivity index (χ0v) is 10.5. The van der Waals surface area contributed by atoms with Gasteiger partial charge in [0.1, 0.15) is 11.0 Å². The van der Waals surface area contributed by atoms with Crippen molar-refractivity contribution in [2.45, 2.75) is 36.9 Å². The number of Topliss-reactive ketones (excluding diaryl/α,β-unsaturated/α-hetero) is 1. The Bertz CT molecular complexity index is 526. The van der Waals surface area contributed by atoms with Gasteiger partial charge in [-0.2, -0.15) is 0 Å². The first-order valence-corrected chi connectivity index (χ1v) is 6.47. The summed E-state index contributed by atoms with van der Waals surface area (Å²) in [4.78, 5) is 23.9. The van der Waals surface area contributed by atoms with E-state index < -0.39 is 23.1 Å². The van der Waals surface area contributed by atoms with E-state index in [1.807, 2.05) is 0 Å². The summed E-state index contributed by atoms with van der Waals surface area (Å²) in [6.45, 7) is 0. The molecule has 0 amide bonds. The fraction of sp³-hybridized carbons (Fsp3) is 0.571. The molecule has 1 saturated carbocycles. The van der Waals surface area contributed by atoms with Gasteiger partial charge in [-0.1, -0.05) is 6.42 Å². The number of ketones is 2. The normalized spacial score (nSPS) is 40.4. The average Bonchev–Trinajstić information content (AvgIpc) is 2.81. The van der Waals surface area contributed by atoms with E-state index in [1.54, 1.807) is 12.2 Å². The first kappa shape index (κ1) is 11.5. The molecule has 0 aromatic heterocycles. The Labute approximate surface area is 110 Å². The van der Waals surface area contributed by atoms with E-state index in [2.05, 4.69) is 0 Å². The van der Waals surface area contributed by atoms with Crippen LogP contribution < -0.4 is 0 Å². The maximum Gasteiger partial charge on any atom is 0.298 e. The number of carbonyl (C=O) groups is 2. The van der Waals surface area contributed by atoms with Crippen LogP contribution in [0.4, 0.5) is 0 Å². The minimum Gasteiger partial charge on any atom is -0.330 e. The van der Waals surface area contributed by atoms with Crippen LogP contribution in [-0.2, 0) is 23.8 Å². The van der Waals surface area contributed by atoms with Crippen molar-refractivity contribution in [1.29, 1.82) is 0 Å². The number of allylic oxidation sites excluding steroid dienone is 2. The van der Waals surface area contributed by atoms with Gasteiger partial charge < -0.3 is 14.2 Å². The predicted molar refractivity (Wildman–Crippen MR) is 63.0 cm³/mol. The summed E-state index contributed by atoms with van der Waals surface area (Å²) in [5, 5.41) is 0. The summed E-state index contributed by atoms with van der Waals surface area (Å²) in [5.41, 5.74) is -1.64. The van der Waals surface area contributed by atoms with Crippen molar-refractivity contribution in [3.05, 3.63) is 24.3 Å². The molecule has 2 heterocycles. The molecule has 4 rings (SSSR count). The van der Waals surface area contributed by atoms with E-state index in [1.165, 1.54) is 19.3 Å². The number of carbonyl (C=O) groups excluding carboxylic acids is 2. The lowest BCUT2D eigenvalue weighted by Gasteiger charge is -2.49.